The number of hydrogen-bond donors (Lipinski definition) is 1. The highest BCUT2D eigenvalue weighted by Crippen LogP contribution is 2.42. The second kappa shape index (κ2) is 9.48. The smallest absolute Gasteiger partial charge is 0.203 e. The van der Waals surface area contributed by atoms with Crippen LogP contribution in [0, 0.1) is 6.92 Å². The molecule has 0 aromatic heterocycles. The van der Waals surface area contributed by atoms with Crippen molar-refractivity contribution in [3.8, 4) is 28.4 Å². The molecular weight excluding hydrogens is 364 g/mol. The molecule has 1 atom stereocenters. The fourth-order valence-corrected chi connectivity index (χ4v) is 3.55. The van der Waals surface area contributed by atoms with Gasteiger partial charge in [0.25, 0.3) is 0 Å². The molecule has 0 fully saturated rings. The Morgan fingerprint density at radius 2 is 1.48 bits per heavy atom. The molecule has 0 spiro atoms. The summed E-state index contributed by atoms with van der Waals surface area (Å²) in [4.78, 5) is 0. The molecule has 0 bridgehead atoms. The van der Waals surface area contributed by atoms with E-state index in [1.54, 1.807) is 21.3 Å². The molecule has 4 nitrogen and oxygen atoms in total. The first-order valence-electron chi connectivity index (χ1n) is 9.70. The highest BCUT2D eigenvalue weighted by atomic mass is 16.5. The van der Waals surface area contributed by atoms with Crippen molar-refractivity contribution in [1.29, 1.82) is 0 Å². The molecule has 0 saturated heterocycles. The van der Waals surface area contributed by atoms with E-state index < -0.39 is 6.10 Å². The summed E-state index contributed by atoms with van der Waals surface area (Å²) in [5.74, 6) is 1.82. The molecule has 4 heteroatoms. The van der Waals surface area contributed by atoms with Crippen molar-refractivity contribution < 1.29 is 19.3 Å². The third kappa shape index (κ3) is 4.72. The highest BCUT2D eigenvalue weighted by molar-refractivity contribution is 5.74. The molecule has 0 heterocycles. The summed E-state index contributed by atoms with van der Waals surface area (Å²) in [6.45, 7) is 2.07. The van der Waals surface area contributed by atoms with Gasteiger partial charge in [0, 0.05) is 0 Å². The number of ether oxygens (including phenoxy) is 3. The molecule has 0 amide bonds. The number of aryl methyl sites for hydroxylation is 2. The normalized spacial score (nSPS) is 11.8. The van der Waals surface area contributed by atoms with Crippen LogP contribution >= 0.6 is 0 Å². The van der Waals surface area contributed by atoms with Crippen LogP contribution in [0.1, 0.15) is 29.2 Å². The first-order chi connectivity index (χ1) is 14.1. The maximum Gasteiger partial charge on any atom is 0.203 e. The minimum Gasteiger partial charge on any atom is -0.493 e. The quantitative estimate of drug-likeness (QED) is 0.561. The van der Waals surface area contributed by atoms with E-state index in [-0.39, 0.29) is 0 Å². The Morgan fingerprint density at radius 1 is 0.828 bits per heavy atom. The standard InChI is InChI=1S/C25H28O4/c1-17-10-11-18(12-13-22(26)19-8-6-5-7-9-19)21(14-17)20-15-23(27-2)25(29-4)24(16-20)28-3/h5-11,14-16,22,26H,12-13H2,1-4H3. The molecule has 1 unspecified atom stereocenters. The lowest BCUT2D eigenvalue weighted by Crippen LogP contribution is -2.01. The number of benzene rings is 3. The highest BCUT2D eigenvalue weighted by Gasteiger charge is 2.17. The van der Waals surface area contributed by atoms with Crippen LogP contribution in [0.25, 0.3) is 11.1 Å². The van der Waals surface area contributed by atoms with Crippen LogP contribution in [0.4, 0.5) is 0 Å². The average molecular weight is 392 g/mol. The molecular formula is C25H28O4. The van der Waals surface area contributed by atoms with Crippen LogP contribution in [-0.2, 0) is 6.42 Å². The van der Waals surface area contributed by atoms with Crippen molar-refractivity contribution in [2.45, 2.75) is 25.9 Å². The molecule has 152 valence electrons. The van der Waals surface area contributed by atoms with Gasteiger partial charge in [-0.1, -0.05) is 54.1 Å². The van der Waals surface area contributed by atoms with Crippen molar-refractivity contribution in [2.75, 3.05) is 21.3 Å². The van der Waals surface area contributed by atoms with E-state index in [1.165, 1.54) is 11.1 Å². The van der Waals surface area contributed by atoms with Gasteiger partial charge in [0.1, 0.15) is 0 Å². The second-order valence-corrected chi connectivity index (χ2v) is 7.04. The van der Waals surface area contributed by atoms with E-state index >= 15 is 0 Å². The summed E-state index contributed by atoms with van der Waals surface area (Å²) < 4.78 is 16.5. The van der Waals surface area contributed by atoms with E-state index in [1.807, 2.05) is 42.5 Å². The fraction of sp³-hybridized carbons (Fsp3) is 0.280. The monoisotopic (exact) mass is 392 g/mol. The van der Waals surface area contributed by atoms with Gasteiger partial charge in [-0.25, -0.2) is 0 Å². The van der Waals surface area contributed by atoms with Crippen molar-refractivity contribution in [3.63, 3.8) is 0 Å². The zero-order chi connectivity index (χ0) is 20.8. The Hall–Kier alpha value is -2.98. The van der Waals surface area contributed by atoms with Crippen LogP contribution in [0.3, 0.4) is 0 Å². The Bertz CT molecular complexity index is 925. The lowest BCUT2D eigenvalue weighted by molar-refractivity contribution is 0.168. The van der Waals surface area contributed by atoms with Crippen LogP contribution in [0.2, 0.25) is 0 Å². The van der Waals surface area contributed by atoms with Gasteiger partial charge in [-0.2, -0.15) is 0 Å². The van der Waals surface area contributed by atoms with Crippen molar-refractivity contribution >= 4 is 0 Å². The number of methoxy groups -OCH3 is 3. The molecule has 3 rings (SSSR count). The van der Waals surface area contributed by atoms with Crippen molar-refractivity contribution in [1.82, 2.24) is 0 Å². The van der Waals surface area contributed by atoms with Crippen LogP contribution in [0.5, 0.6) is 17.2 Å². The van der Waals surface area contributed by atoms with Gasteiger partial charge < -0.3 is 19.3 Å². The van der Waals surface area contributed by atoms with Gasteiger partial charge >= 0.3 is 0 Å². The lowest BCUT2D eigenvalue weighted by Gasteiger charge is -2.17. The zero-order valence-electron chi connectivity index (χ0n) is 17.4. The van der Waals surface area contributed by atoms with E-state index in [9.17, 15) is 5.11 Å². The molecule has 29 heavy (non-hydrogen) atoms. The molecule has 0 saturated carbocycles. The minimum absolute atomic E-state index is 0.495. The zero-order valence-corrected chi connectivity index (χ0v) is 17.4. The fourth-order valence-electron chi connectivity index (χ4n) is 3.55. The number of rotatable bonds is 8. The van der Waals surface area contributed by atoms with E-state index in [4.69, 9.17) is 14.2 Å². The first-order valence-corrected chi connectivity index (χ1v) is 9.70. The Balaban J connectivity index is 1.95. The average Bonchev–Trinajstić information content (AvgIpc) is 2.77. The van der Waals surface area contributed by atoms with Crippen molar-refractivity contribution in [3.05, 3.63) is 77.4 Å². The SMILES string of the molecule is COc1cc(-c2cc(C)ccc2CCC(O)c2ccccc2)cc(OC)c1OC. The maximum absolute atomic E-state index is 10.6. The molecule has 0 radical (unpaired) electrons. The summed E-state index contributed by atoms with van der Waals surface area (Å²) in [6, 6.07) is 20.1. The van der Waals surface area contributed by atoms with Crippen LogP contribution in [-0.4, -0.2) is 26.4 Å². The van der Waals surface area contributed by atoms with Crippen LogP contribution < -0.4 is 14.2 Å². The molecule has 0 aliphatic carbocycles. The maximum atomic E-state index is 10.6. The van der Waals surface area contributed by atoms with Crippen LogP contribution in [0.15, 0.2) is 60.7 Å². The molecule has 3 aromatic rings. The number of hydrogen-bond acceptors (Lipinski definition) is 4. The predicted octanol–water partition coefficient (Wildman–Crippen LogP) is 5.35. The summed E-state index contributed by atoms with van der Waals surface area (Å²) in [5, 5.41) is 10.6. The van der Waals surface area contributed by atoms with Crippen molar-refractivity contribution in [2.24, 2.45) is 0 Å². The van der Waals surface area contributed by atoms with Gasteiger partial charge in [0.2, 0.25) is 5.75 Å². The largest absolute Gasteiger partial charge is 0.493 e. The Morgan fingerprint density at radius 3 is 2.07 bits per heavy atom. The minimum atomic E-state index is -0.495. The van der Waals surface area contributed by atoms with E-state index in [2.05, 4.69) is 25.1 Å². The number of aliphatic hydroxyl groups excluding tert-OH is 1. The van der Waals surface area contributed by atoms with Gasteiger partial charge in [-0.15, -0.1) is 0 Å². The third-order valence-corrected chi connectivity index (χ3v) is 5.11. The first kappa shape index (κ1) is 20.7. The lowest BCUT2D eigenvalue weighted by atomic mass is 9.92. The molecule has 0 aliphatic rings. The van der Waals surface area contributed by atoms with Gasteiger partial charge in [-0.3, -0.25) is 0 Å². The number of aliphatic hydroxyl groups is 1. The molecule has 1 N–H and O–H groups in total. The summed E-state index contributed by atoms with van der Waals surface area (Å²) in [7, 11) is 4.84. The van der Waals surface area contributed by atoms with E-state index in [0.717, 1.165) is 23.1 Å². The van der Waals surface area contributed by atoms with Gasteiger partial charge in [-0.05, 0) is 54.2 Å². The molecule has 0 aliphatic heterocycles. The Labute approximate surface area is 172 Å². The predicted molar refractivity (Wildman–Crippen MR) is 116 cm³/mol. The molecule has 3 aromatic carbocycles. The topological polar surface area (TPSA) is 47.9 Å². The second-order valence-electron chi connectivity index (χ2n) is 7.04. The summed E-state index contributed by atoms with van der Waals surface area (Å²) >= 11 is 0. The van der Waals surface area contributed by atoms with Gasteiger partial charge in [0.05, 0.1) is 27.4 Å². The summed E-state index contributed by atoms with van der Waals surface area (Å²) in [5.41, 5.74) is 5.37. The Kier molecular flexibility index (Phi) is 6.78. The summed E-state index contributed by atoms with van der Waals surface area (Å²) in [6.07, 6.45) is 0.901. The van der Waals surface area contributed by atoms with Gasteiger partial charge in [0.15, 0.2) is 11.5 Å². The third-order valence-electron chi connectivity index (χ3n) is 5.11. The van der Waals surface area contributed by atoms with E-state index in [0.29, 0.717) is 23.7 Å².